The number of hydrogen-bond acceptors (Lipinski definition) is 3. The van der Waals surface area contributed by atoms with Crippen LogP contribution in [0, 0.1) is 11.8 Å². The molecule has 0 unspecified atom stereocenters. The molecule has 3 rings (SSSR count). The SMILES string of the molecule is CC(C)Cn1cnc(S(=O)(=O)N2c3ccccc3CC[C@H]2C(C)C)c1. The van der Waals surface area contributed by atoms with Crippen molar-refractivity contribution in [3.05, 3.63) is 42.4 Å². The van der Waals surface area contributed by atoms with Crippen molar-refractivity contribution in [3.8, 4) is 0 Å². The van der Waals surface area contributed by atoms with Crippen LogP contribution >= 0.6 is 0 Å². The zero-order valence-electron chi connectivity index (χ0n) is 15.4. The number of aryl methyl sites for hydroxylation is 1. The van der Waals surface area contributed by atoms with Gasteiger partial charge in [-0.25, -0.2) is 4.98 Å². The van der Waals surface area contributed by atoms with Gasteiger partial charge >= 0.3 is 0 Å². The van der Waals surface area contributed by atoms with Gasteiger partial charge in [-0.3, -0.25) is 4.31 Å². The molecule has 0 spiro atoms. The molecule has 2 heterocycles. The molecule has 0 bridgehead atoms. The lowest BCUT2D eigenvalue weighted by molar-refractivity contribution is 0.445. The number of benzene rings is 1. The van der Waals surface area contributed by atoms with Crippen LogP contribution in [0.1, 0.15) is 39.7 Å². The first-order valence-electron chi connectivity index (χ1n) is 8.95. The molecule has 0 saturated carbocycles. The molecule has 0 N–H and O–H groups in total. The Kier molecular flexibility index (Phi) is 4.91. The largest absolute Gasteiger partial charge is 0.336 e. The highest BCUT2D eigenvalue weighted by atomic mass is 32.2. The first-order valence-corrected chi connectivity index (χ1v) is 10.4. The first kappa shape index (κ1) is 18.0. The van der Waals surface area contributed by atoms with E-state index >= 15 is 0 Å². The van der Waals surface area contributed by atoms with Gasteiger partial charge in [-0.05, 0) is 36.3 Å². The second-order valence-corrected chi connectivity index (χ2v) is 9.34. The molecular weight excluding hydrogens is 334 g/mol. The number of fused-ring (bicyclic) bond motifs is 1. The Balaban J connectivity index is 2.05. The van der Waals surface area contributed by atoms with Crippen LogP contribution in [-0.2, 0) is 23.0 Å². The lowest BCUT2D eigenvalue weighted by Crippen LogP contribution is -2.46. The van der Waals surface area contributed by atoms with Gasteiger partial charge in [0, 0.05) is 18.8 Å². The molecule has 5 nitrogen and oxygen atoms in total. The van der Waals surface area contributed by atoms with E-state index in [1.807, 2.05) is 28.8 Å². The van der Waals surface area contributed by atoms with Crippen LogP contribution in [0.3, 0.4) is 0 Å². The Morgan fingerprint density at radius 1 is 1.20 bits per heavy atom. The van der Waals surface area contributed by atoms with Crippen LogP contribution in [0.5, 0.6) is 0 Å². The third kappa shape index (κ3) is 3.45. The fourth-order valence-electron chi connectivity index (χ4n) is 3.54. The Morgan fingerprint density at radius 2 is 1.92 bits per heavy atom. The van der Waals surface area contributed by atoms with E-state index in [2.05, 4.69) is 32.7 Å². The summed E-state index contributed by atoms with van der Waals surface area (Å²) in [5.74, 6) is 0.671. The first-order chi connectivity index (χ1) is 11.8. The van der Waals surface area contributed by atoms with Crippen molar-refractivity contribution >= 4 is 15.7 Å². The molecule has 1 aromatic carbocycles. The molecule has 1 aliphatic rings. The van der Waals surface area contributed by atoms with E-state index in [9.17, 15) is 8.42 Å². The molecule has 0 amide bonds. The summed E-state index contributed by atoms with van der Waals surface area (Å²) >= 11 is 0. The summed E-state index contributed by atoms with van der Waals surface area (Å²) in [5.41, 5.74) is 1.88. The predicted octanol–water partition coefficient (Wildman–Crippen LogP) is 3.71. The van der Waals surface area contributed by atoms with Crippen molar-refractivity contribution in [2.75, 3.05) is 4.31 Å². The van der Waals surface area contributed by atoms with Crippen molar-refractivity contribution in [2.45, 2.75) is 58.1 Å². The molecule has 0 radical (unpaired) electrons. The second kappa shape index (κ2) is 6.83. The predicted molar refractivity (Wildman–Crippen MR) is 100 cm³/mol. The molecule has 1 atom stereocenters. The number of sulfonamides is 1. The van der Waals surface area contributed by atoms with Gasteiger partial charge in [0.15, 0.2) is 5.03 Å². The average molecular weight is 362 g/mol. The van der Waals surface area contributed by atoms with Gasteiger partial charge in [0.2, 0.25) is 0 Å². The number of aromatic nitrogens is 2. The highest BCUT2D eigenvalue weighted by molar-refractivity contribution is 7.92. The third-order valence-electron chi connectivity index (χ3n) is 4.72. The number of rotatable bonds is 5. The lowest BCUT2D eigenvalue weighted by atomic mass is 9.91. The molecular formula is C19H27N3O2S. The van der Waals surface area contributed by atoms with E-state index < -0.39 is 10.0 Å². The Morgan fingerprint density at radius 3 is 2.60 bits per heavy atom. The molecule has 25 heavy (non-hydrogen) atoms. The molecule has 6 heteroatoms. The minimum Gasteiger partial charge on any atom is -0.336 e. The maximum Gasteiger partial charge on any atom is 0.283 e. The Bertz CT molecular complexity index is 840. The maximum absolute atomic E-state index is 13.4. The fourth-order valence-corrected chi connectivity index (χ4v) is 5.34. The Hall–Kier alpha value is -1.82. The van der Waals surface area contributed by atoms with E-state index in [-0.39, 0.29) is 17.0 Å². The summed E-state index contributed by atoms with van der Waals surface area (Å²) in [6.07, 6.45) is 5.02. The molecule has 0 aliphatic carbocycles. The van der Waals surface area contributed by atoms with E-state index in [0.717, 1.165) is 30.6 Å². The maximum atomic E-state index is 13.4. The van der Waals surface area contributed by atoms with Gasteiger partial charge in [0.05, 0.1) is 12.0 Å². The number of anilines is 1. The fraction of sp³-hybridized carbons (Fsp3) is 0.526. The summed E-state index contributed by atoms with van der Waals surface area (Å²) in [5, 5.41) is 0.135. The molecule has 136 valence electrons. The second-order valence-electron chi connectivity index (χ2n) is 7.58. The normalized spacial score (nSPS) is 18.0. The van der Waals surface area contributed by atoms with Crippen molar-refractivity contribution in [3.63, 3.8) is 0 Å². The summed E-state index contributed by atoms with van der Waals surface area (Å²) in [7, 11) is -3.68. The number of hydrogen-bond donors (Lipinski definition) is 0. The highest BCUT2D eigenvalue weighted by Crippen LogP contribution is 2.37. The topological polar surface area (TPSA) is 55.2 Å². The van der Waals surface area contributed by atoms with E-state index in [1.54, 1.807) is 16.8 Å². The van der Waals surface area contributed by atoms with E-state index in [1.165, 1.54) is 0 Å². The molecule has 1 aliphatic heterocycles. The van der Waals surface area contributed by atoms with Gasteiger partial charge < -0.3 is 4.57 Å². The zero-order valence-corrected chi connectivity index (χ0v) is 16.2. The van der Waals surface area contributed by atoms with Crippen molar-refractivity contribution in [2.24, 2.45) is 11.8 Å². The minimum atomic E-state index is -3.68. The summed E-state index contributed by atoms with van der Waals surface area (Å²) in [6, 6.07) is 7.76. The average Bonchev–Trinajstić information content (AvgIpc) is 3.02. The van der Waals surface area contributed by atoms with E-state index in [4.69, 9.17) is 0 Å². The third-order valence-corrected chi connectivity index (χ3v) is 6.44. The highest BCUT2D eigenvalue weighted by Gasteiger charge is 2.38. The smallest absolute Gasteiger partial charge is 0.283 e. The van der Waals surface area contributed by atoms with Crippen LogP contribution < -0.4 is 4.31 Å². The molecule has 0 saturated heterocycles. The summed E-state index contributed by atoms with van der Waals surface area (Å²) in [4.78, 5) is 4.22. The van der Waals surface area contributed by atoms with Gasteiger partial charge in [-0.15, -0.1) is 0 Å². The monoisotopic (exact) mass is 361 g/mol. The van der Waals surface area contributed by atoms with Crippen LogP contribution in [0.25, 0.3) is 0 Å². The summed E-state index contributed by atoms with van der Waals surface area (Å²) < 4.78 is 30.3. The van der Waals surface area contributed by atoms with E-state index in [0.29, 0.717) is 5.92 Å². The standard InChI is InChI=1S/C19H27N3O2S/c1-14(2)11-21-12-19(20-13-21)25(23,24)22-17(15(3)4)10-9-16-7-5-6-8-18(16)22/h5-8,12-15,17H,9-11H2,1-4H3/t17-/m0/s1. The lowest BCUT2D eigenvalue weighted by Gasteiger charge is -2.39. The molecule has 1 aromatic heterocycles. The van der Waals surface area contributed by atoms with Gasteiger partial charge in [-0.2, -0.15) is 8.42 Å². The Labute approximate surface area is 150 Å². The van der Waals surface area contributed by atoms with Crippen molar-refractivity contribution < 1.29 is 8.42 Å². The van der Waals surface area contributed by atoms with Gasteiger partial charge in [-0.1, -0.05) is 45.9 Å². The number of nitrogens with zero attached hydrogens (tertiary/aromatic N) is 3. The molecule has 2 aromatic rings. The minimum absolute atomic E-state index is 0.0462. The van der Waals surface area contributed by atoms with Crippen LogP contribution in [0.4, 0.5) is 5.69 Å². The van der Waals surface area contributed by atoms with Gasteiger partial charge in [0.25, 0.3) is 10.0 Å². The van der Waals surface area contributed by atoms with Gasteiger partial charge in [0.1, 0.15) is 0 Å². The zero-order chi connectivity index (χ0) is 18.2. The van der Waals surface area contributed by atoms with Crippen LogP contribution in [0.15, 0.2) is 41.8 Å². The summed E-state index contributed by atoms with van der Waals surface area (Å²) in [6.45, 7) is 9.12. The molecule has 0 fully saturated rings. The van der Waals surface area contributed by atoms with Crippen LogP contribution in [0.2, 0.25) is 0 Å². The quantitative estimate of drug-likeness (QED) is 0.816. The van der Waals surface area contributed by atoms with Crippen LogP contribution in [-0.4, -0.2) is 24.0 Å². The van der Waals surface area contributed by atoms with Crippen molar-refractivity contribution in [1.29, 1.82) is 0 Å². The number of imidazole rings is 1. The van der Waals surface area contributed by atoms with Crippen molar-refractivity contribution in [1.82, 2.24) is 9.55 Å². The number of para-hydroxylation sites is 1.